The molecule has 0 bridgehead atoms. The first-order valence-corrected chi connectivity index (χ1v) is 7.53. The summed E-state index contributed by atoms with van der Waals surface area (Å²) in [5.41, 5.74) is 1.90. The molecule has 23 heavy (non-hydrogen) atoms. The molecule has 0 spiro atoms. The van der Waals surface area contributed by atoms with Crippen LogP contribution in [0.3, 0.4) is 0 Å². The highest BCUT2D eigenvalue weighted by Gasteiger charge is 2.12. The first-order chi connectivity index (χ1) is 11.2. The van der Waals surface area contributed by atoms with E-state index in [-0.39, 0.29) is 5.91 Å². The zero-order valence-electron chi connectivity index (χ0n) is 13.0. The third kappa shape index (κ3) is 3.94. The van der Waals surface area contributed by atoms with E-state index >= 15 is 0 Å². The van der Waals surface area contributed by atoms with Gasteiger partial charge in [0.15, 0.2) is 11.5 Å². The van der Waals surface area contributed by atoms with Crippen molar-refractivity contribution in [2.75, 3.05) is 20.3 Å². The molecule has 1 N–H and O–H groups in total. The highest BCUT2D eigenvalue weighted by molar-refractivity contribution is 5.78. The topological polar surface area (TPSA) is 56.8 Å². The van der Waals surface area contributed by atoms with Crippen LogP contribution in [-0.4, -0.2) is 26.2 Å². The molecular weight excluding hydrogens is 294 g/mol. The van der Waals surface area contributed by atoms with Crippen molar-refractivity contribution in [2.45, 2.75) is 13.0 Å². The smallest absolute Gasteiger partial charge is 0.224 e. The van der Waals surface area contributed by atoms with E-state index in [0.29, 0.717) is 26.2 Å². The normalized spacial score (nSPS) is 12.6. The van der Waals surface area contributed by atoms with Crippen LogP contribution in [0.25, 0.3) is 0 Å². The lowest BCUT2D eigenvalue weighted by Gasteiger charge is -2.19. The van der Waals surface area contributed by atoms with Crippen LogP contribution in [0.5, 0.6) is 17.2 Å². The number of hydrogen-bond acceptors (Lipinski definition) is 4. The van der Waals surface area contributed by atoms with Crippen molar-refractivity contribution in [3.05, 3.63) is 53.6 Å². The summed E-state index contributed by atoms with van der Waals surface area (Å²) in [6.07, 6.45) is 0.321. The molecule has 120 valence electrons. The number of carbonyl (C=O) groups excluding carboxylic acids is 1. The Morgan fingerprint density at radius 1 is 1.09 bits per heavy atom. The summed E-state index contributed by atoms with van der Waals surface area (Å²) in [5.74, 6) is 2.20. The van der Waals surface area contributed by atoms with E-state index in [9.17, 15) is 4.79 Å². The monoisotopic (exact) mass is 313 g/mol. The second-order valence-corrected chi connectivity index (χ2v) is 5.28. The second kappa shape index (κ2) is 7.05. The number of carbonyl (C=O) groups is 1. The van der Waals surface area contributed by atoms with Gasteiger partial charge in [-0.05, 0) is 35.4 Å². The predicted octanol–water partition coefficient (Wildman–Crippen LogP) is 2.33. The molecule has 1 amide bonds. The molecule has 0 saturated carbocycles. The number of nitrogens with one attached hydrogen (secondary N) is 1. The van der Waals surface area contributed by atoms with Crippen molar-refractivity contribution in [2.24, 2.45) is 0 Å². The van der Waals surface area contributed by atoms with Crippen LogP contribution in [-0.2, 0) is 17.8 Å². The molecule has 2 aromatic rings. The maximum atomic E-state index is 12.1. The first-order valence-electron chi connectivity index (χ1n) is 7.53. The summed E-state index contributed by atoms with van der Waals surface area (Å²) in [5, 5.41) is 2.92. The highest BCUT2D eigenvalue weighted by atomic mass is 16.6. The first kappa shape index (κ1) is 15.2. The van der Waals surface area contributed by atoms with Gasteiger partial charge in [-0.3, -0.25) is 4.79 Å². The van der Waals surface area contributed by atoms with Gasteiger partial charge in [0, 0.05) is 6.54 Å². The number of ether oxygens (including phenoxy) is 3. The molecule has 1 aliphatic rings. The molecule has 0 aromatic heterocycles. The molecular formula is C18H19NO4. The second-order valence-electron chi connectivity index (χ2n) is 5.28. The molecule has 0 saturated heterocycles. The standard InChI is InChI=1S/C18H19NO4/c1-21-15-4-2-3-13(9-15)11-18(20)19-12-14-5-6-16-17(10-14)23-8-7-22-16/h2-6,9-10H,7-8,11-12H2,1H3,(H,19,20). The number of fused-ring (bicyclic) bond motifs is 1. The predicted molar refractivity (Wildman–Crippen MR) is 86.0 cm³/mol. The van der Waals surface area contributed by atoms with Crippen molar-refractivity contribution < 1.29 is 19.0 Å². The van der Waals surface area contributed by atoms with Gasteiger partial charge in [-0.2, -0.15) is 0 Å². The summed E-state index contributed by atoms with van der Waals surface area (Å²) in [6.45, 7) is 1.59. The molecule has 0 atom stereocenters. The Morgan fingerprint density at radius 3 is 2.74 bits per heavy atom. The van der Waals surface area contributed by atoms with Gasteiger partial charge in [0.2, 0.25) is 5.91 Å². The Bertz CT molecular complexity index is 699. The Balaban J connectivity index is 1.56. The SMILES string of the molecule is COc1cccc(CC(=O)NCc2ccc3c(c2)OCCO3)c1. The van der Waals surface area contributed by atoms with E-state index in [4.69, 9.17) is 14.2 Å². The van der Waals surface area contributed by atoms with Crippen molar-refractivity contribution >= 4 is 5.91 Å². The Morgan fingerprint density at radius 2 is 1.91 bits per heavy atom. The van der Waals surface area contributed by atoms with Gasteiger partial charge in [-0.1, -0.05) is 18.2 Å². The van der Waals surface area contributed by atoms with E-state index in [0.717, 1.165) is 28.4 Å². The van der Waals surface area contributed by atoms with Crippen LogP contribution in [0.4, 0.5) is 0 Å². The minimum absolute atomic E-state index is 0.0341. The van der Waals surface area contributed by atoms with Gasteiger partial charge >= 0.3 is 0 Å². The van der Waals surface area contributed by atoms with Gasteiger partial charge in [-0.25, -0.2) is 0 Å². The van der Waals surface area contributed by atoms with E-state index < -0.39 is 0 Å². The maximum Gasteiger partial charge on any atom is 0.224 e. The van der Waals surface area contributed by atoms with Crippen LogP contribution in [0.1, 0.15) is 11.1 Å². The van der Waals surface area contributed by atoms with Gasteiger partial charge in [0.05, 0.1) is 13.5 Å². The van der Waals surface area contributed by atoms with E-state index in [1.165, 1.54) is 0 Å². The summed E-state index contributed by atoms with van der Waals surface area (Å²) < 4.78 is 16.2. The Hall–Kier alpha value is -2.69. The number of amides is 1. The quantitative estimate of drug-likeness (QED) is 0.920. The van der Waals surface area contributed by atoms with Gasteiger partial charge < -0.3 is 19.5 Å². The van der Waals surface area contributed by atoms with Crippen molar-refractivity contribution in [1.29, 1.82) is 0 Å². The van der Waals surface area contributed by atoms with Crippen molar-refractivity contribution in [3.8, 4) is 17.2 Å². The fourth-order valence-corrected chi connectivity index (χ4v) is 2.43. The number of benzene rings is 2. The molecule has 1 heterocycles. The maximum absolute atomic E-state index is 12.1. The molecule has 0 fully saturated rings. The molecule has 2 aromatic carbocycles. The van der Waals surface area contributed by atoms with E-state index in [1.54, 1.807) is 7.11 Å². The fourth-order valence-electron chi connectivity index (χ4n) is 2.43. The largest absolute Gasteiger partial charge is 0.497 e. The van der Waals surface area contributed by atoms with Gasteiger partial charge in [0.25, 0.3) is 0 Å². The lowest BCUT2D eigenvalue weighted by Crippen LogP contribution is -2.24. The molecule has 0 aliphatic carbocycles. The van der Waals surface area contributed by atoms with Crippen molar-refractivity contribution in [3.63, 3.8) is 0 Å². The minimum atomic E-state index is -0.0341. The third-order valence-corrected chi connectivity index (χ3v) is 3.60. The lowest BCUT2D eigenvalue weighted by molar-refractivity contribution is -0.120. The molecule has 5 nitrogen and oxygen atoms in total. The Labute approximate surface area is 135 Å². The minimum Gasteiger partial charge on any atom is -0.497 e. The molecule has 0 radical (unpaired) electrons. The summed E-state index contributed by atoms with van der Waals surface area (Å²) in [4.78, 5) is 12.1. The fraction of sp³-hybridized carbons (Fsp3) is 0.278. The van der Waals surface area contributed by atoms with Crippen molar-refractivity contribution in [1.82, 2.24) is 5.32 Å². The van der Waals surface area contributed by atoms with Gasteiger partial charge in [0.1, 0.15) is 19.0 Å². The average Bonchev–Trinajstić information content (AvgIpc) is 2.60. The molecule has 3 rings (SSSR count). The van der Waals surface area contributed by atoms with Crippen LogP contribution in [0.15, 0.2) is 42.5 Å². The van der Waals surface area contributed by atoms with E-state index in [2.05, 4.69) is 5.32 Å². The average molecular weight is 313 g/mol. The van der Waals surface area contributed by atoms with Crippen LogP contribution >= 0.6 is 0 Å². The molecule has 5 heteroatoms. The zero-order valence-corrected chi connectivity index (χ0v) is 13.0. The number of methoxy groups -OCH3 is 1. The number of rotatable bonds is 5. The van der Waals surface area contributed by atoms with E-state index in [1.807, 2.05) is 42.5 Å². The van der Waals surface area contributed by atoms with Crippen LogP contribution in [0, 0.1) is 0 Å². The summed E-state index contributed by atoms with van der Waals surface area (Å²) in [7, 11) is 1.61. The molecule has 1 aliphatic heterocycles. The number of hydrogen-bond donors (Lipinski definition) is 1. The zero-order chi connectivity index (χ0) is 16.1. The summed E-state index contributed by atoms with van der Waals surface area (Å²) >= 11 is 0. The summed E-state index contributed by atoms with van der Waals surface area (Å²) in [6, 6.07) is 13.2. The lowest BCUT2D eigenvalue weighted by atomic mass is 10.1. The third-order valence-electron chi connectivity index (χ3n) is 3.60. The molecule has 0 unspecified atom stereocenters. The van der Waals surface area contributed by atoms with Gasteiger partial charge in [-0.15, -0.1) is 0 Å². The highest BCUT2D eigenvalue weighted by Crippen LogP contribution is 2.30. The van der Waals surface area contributed by atoms with Crippen LogP contribution < -0.4 is 19.5 Å². The van der Waals surface area contributed by atoms with Crippen LogP contribution in [0.2, 0.25) is 0 Å². The Kier molecular flexibility index (Phi) is 4.66.